The van der Waals surface area contributed by atoms with Gasteiger partial charge >= 0.3 is 0 Å². The second-order valence-electron chi connectivity index (χ2n) is 6.28. The summed E-state index contributed by atoms with van der Waals surface area (Å²) in [5, 5.41) is 1.14. The molecule has 0 radical (unpaired) electrons. The fourth-order valence-electron chi connectivity index (χ4n) is 2.59. The summed E-state index contributed by atoms with van der Waals surface area (Å²) in [5.74, 6) is 0.975. The van der Waals surface area contributed by atoms with Gasteiger partial charge in [0.05, 0.1) is 0 Å². The fraction of sp³-hybridized carbons (Fsp3) is 1.00. The zero-order valence-electron chi connectivity index (χ0n) is 9.49. The van der Waals surface area contributed by atoms with Crippen molar-refractivity contribution >= 4 is 15.9 Å². The zero-order valence-corrected chi connectivity index (χ0v) is 11.1. The second kappa shape index (κ2) is 3.92. The molecule has 1 unspecified atom stereocenters. The van der Waals surface area contributed by atoms with Crippen LogP contribution in [0.25, 0.3) is 0 Å². The first-order valence-corrected chi connectivity index (χ1v) is 6.53. The molecule has 13 heavy (non-hydrogen) atoms. The highest BCUT2D eigenvalue weighted by Gasteiger charge is 2.33. The van der Waals surface area contributed by atoms with Crippen LogP contribution in [0.2, 0.25) is 0 Å². The van der Waals surface area contributed by atoms with E-state index in [2.05, 4.69) is 43.6 Å². The molecule has 1 aliphatic rings. The van der Waals surface area contributed by atoms with E-state index in [-0.39, 0.29) is 0 Å². The van der Waals surface area contributed by atoms with Crippen LogP contribution in [0.1, 0.15) is 53.4 Å². The van der Waals surface area contributed by atoms with Gasteiger partial charge in [-0.3, -0.25) is 0 Å². The predicted octanol–water partition coefficient (Wildman–Crippen LogP) is 4.62. The maximum absolute atomic E-state index is 3.61. The maximum atomic E-state index is 3.61. The Balaban J connectivity index is 2.40. The highest BCUT2D eigenvalue weighted by molar-refractivity contribution is 9.09. The van der Waals surface area contributed by atoms with Crippen molar-refractivity contribution in [3.05, 3.63) is 0 Å². The van der Waals surface area contributed by atoms with E-state index in [0.717, 1.165) is 11.2 Å². The van der Waals surface area contributed by atoms with Gasteiger partial charge in [-0.2, -0.15) is 0 Å². The summed E-state index contributed by atoms with van der Waals surface area (Å²) in [4.78, 5) is 0. The molecule has 0 aromatic carbocycles. The molecule has 0 nitrogen and oxygen atoms in total. The van der Waals surface area contributed by atoms with E-state index in [9.17, 15) is 0 Å². The predicted molar refractivity (Wildman–Crippen MR) is 63.3 cm³/mol. The van der Waals surface area contributed by atoms with E-state index in [1.807, 2.05) is 0 Å². The highest BCUT2D eigenvalue weighted by Crippen LogP contribution is 2.45. The molecule has 1 aliphatic carbocycles. The minimum absolute atomic E-state index is 0.491. The normalized spacial score (nSPS) is 27.9. The lowest BCUT2D eigenvalue weighted by atomic mass is 9.82. The van der Waals surface area contributed by atoms with Crippen LogP contribution in [0, 0.1) is 16.7 Å². The van der Waals surface area contributed by atoms with Crippen LogP contribution in [0.15, 0.2) is 0 Å². The maximum Gasteiger partial charge on any atom is 0.00827 e. The molecule has 1 atom stereocenters. The number of alkyl halides is 1. The van der Waals surface area contributed by atoms with Gasteiger partial charge < -0.3 is 0 Å². The van der Waals surface area contributed by atoms with Crippen LogP contribution in [0.5, 0.6) is 0 Å². The van der Waals surface area contributed by atoms with Crippen LogP contribution in [0.4, 0.5) is 0 Å². The molecule has 1 rings (SSSR count). The largest absolute Gasteiger partial charge is 0.0922 e. The van der Waals surface area contributed by atoms with Crippen LogP contribution in [-0.4, -0.2) is 5.33 Å². The molecule has 1 saturated carbocycles. The van der Waals surface area contributed by atoms with Gasteiger partial charge in [0.25, 0.3) is 0 Å². The van der Waals surface area contributed by atoms with Gasteiger partial charge in [-0.15, -0.1) is 0 Å². The highest BCUT2D eigenvalue weighted by atomic mass is 79.9. The molecule has 0 aromatic rings. The Morgan fingerprint density at radius 3 is 2.38 bits per heavy atom. The first-order chi connectivity index (χ1) is 5.85. The summed E-state index contributed by atoms with van der Waals surface area (Å²) >= 11 is 3.61. The van der Waals surface area contributed by atoms with Gasteiger partial charge in [-0.1, -0.05) is 43.6 Å². The molecule has 0 amide bonds. The third kappa shape index (κ3) is 3.61. The topological polar surface area (TPSA) is 0 Å². The average molecular weight is 247 g/mol. The van der Waals surface area contributed by atoms with E-state index >= 15 is 0 Å². The number of hydrogen-bond acceptors (Lipinski definition) is 0. The lowest BCUT2D eigenvalue weighted by molar-refractivity contribution is 0.281. The van der Waals surface area contributed by atoms with Gasteiger partial charge in [-0.05, 0) is 42.4 Å². The molecule has 0 bridgehead atoms. The Morgan fingerprint density at radius 1 is 1.38 bits per heavy atom. The average Bonchev–Trinajstić information content (AvgIpc) is 2.29. The molecule has 0 aromatic heterocycles. The van der Waals surface area contributed by atoms with Gasteiger partial charge in [0.15, 0.2) is 0 Å². The van der Waals surface area contributed by atoms with E-state index in [4.69, 9.17) is 0 Å². The molecular weight excluding hydrogens is 224 g/mol. The van der Waals surface area contributed by atoms with Crippen LogP contribution >= 0.6 is 15.9 Å². The minimum atomic E-state index is 0.491. The van der Waals surface area contributed by atoms with E-state index in [1.165, 1.54) is 25.7 Å². The lowest BCUT2D eigenvalue weighted by Crippen LogP contribution is -2.18. The fourth-order valence-corrected chi connectivity index (χ4v) is 2.82. The number of halogens is 1. The second-order valence-corrected chi connectivity index (χ2v) is 6.84. The van der Waals surface area contributed by atoms with E-state index in [0.29, 0.717) is 10.8 Å². The van der Waals surface area contributed by atoms with Crippen molar-refractivity contribution in [2.75, 3.05) is 5.33 Å². The summed E-state index contributed by atoms with van der Waals surface area (Å²) in [5.41, 5.74) is 1.11. The van der Waals surface area contributed by atoms with Crippen molar-refractivity contribution in [2.45, 2.75) is 53.4 Å². The first kappa shape index (κ1) is 11.6. The van der Waals surface area contributed by atoms with Crippen molar-refractivity contribution in [3.63, 3.8) is 0 Å². The van der Waals surface area contributed by atoms with Crippen LogP contribution in [0.3, 0.4) is 0 Å². The van der Waals surface area contributed by atoms with E-state index in [1.54, 1.807) is 0 Å². The summed E-state index contributed by atoms with van der Waals surface area (Å²) < 4.78 is 0. The van der Waals surface area contributed by atoms with Crippen molar-refractivity contribution < 1.29 is 0 Å². The van der Waals surface area contributed by atoms with Crippen LogP contribution in [-0.2, 0) is 0 Å². The Hall–Kier alpha value is 0.480. The third-order valence-corrected chi connectivity index (χ3v) is 4.79. The Kier molecular flexibility index (Phi) is 3.49. The standard InChI is InChI=1S/C12H23Br/c1-11(2)6-5-10(7-11)8-12(3,4)9-13/h10H,5-9H2,1-4H3. The molecule has 0 N–H and O–H groups in total. The quantitative estimate of drug-likeness (QED) is 0.638. The molecule has 0 saturated heterocycles. The molecule has 1 heteroatoms. The van der Waals surface area contributed by atoms with Crippen molar-refractivity contribution in [1.29, 1.82) is 0 Å². The van der Waals surface area contributed by atoms with Gasteiger partial charge in [0.2, 0.25) is 0 Å². The monoisotopic (exact) mass is 246 g/mol. The zero-order chi connectivity index (χ0) is 10.1. The van der Waals surface area contributed by atoms with E-state index < -0.39 is 0 Å². The molecule has 78 valence electrons. The molecular formula is C12H23Br. The van der Waals surface area contributed by atoms with Crippen LogP contribution < -0.4 is 0 Å². The summed E-state index contributed by atoms with van der Waals surface area (Å²) in [7, 11) is 0. The van der Waals surface area contributed by atoms with Crippen molar-refractivity contribution in [1.82, 2.24) is 0 Å². The van der Waals surface area contributed by atoms with Gasteiger partial charge in [0.1, 0.15) is 0 Å². The van der Waals surface area contributed by atoms with Crippen molar-refractivity contribution in [2.24, 2.45) is 16.7 Å². The Labute approximate surface area is 91.6 Å². The molecule has 0 heterocycles. The minimum Gasteiger partial charge on any atom is -0.0922 e. The van der Waals surface area contributed by atoms with Gasteiger partial charge in [-0.25, -0.2) is 0 Å². The summed E-state index contributed by atoms with van der Waals surface area (Å²) in [6.07, 6.45) is 5.70. The van der Waals surface area contributed by atoms with Gasteiger partial charge in [0, 0.05) is 5.33 Å². The summed E-state index contributed by atoms with van der Waals surface area (Å²) in [6, 6.07) is 0. The molecule has 0 spiro atoms. The Morgan fingerprint density at radius 2 is 2.00 bits per heavy atom. The van der Waals surface area contributed by atoms with Crippen molar-refractivity contribution in [3.8, 4) is 0 Å². The molecule has 0 aliphatic heterocycles. The smallest absolute Gasteiger partial charge is 0.00827 e. The SMILES string of the molecule is CC(C)(CBr)CC1CCC(C)(C)C1. The first-order valence-electron chi connectivity index (χ1n) is 5.41. The Bertz CT molecular complexity index is 170. The summed E-state index contributed by atoms with van der Waals surface area (Å²) in [6.45, 7) is 9.56. The molecule has 1 fully saturated rings. The lowest BCUT2D eigenvalue weighted by Gasteiger charge is -2.26. The number of hydrogen-bond donors (Lipinski definition) is 0. The number of rotatable bonds is 3. The third-order valence-electron chi connectivity index (χ3n) is 3.27.